The van der Waals surface area contributed by atoms with Gasteiger partial charge in [0.15, 0.2) is 17.1 Å². The smallest absolute Gasteiger partial charge is 0.405 e. The number of para-hydroxylation sites is 1. The van der Waals surface area contributed by atoms with Crippen molar-refractivity contribution in [2.45, 2.75) is 6.18 Å². The quantitative estimate of drug-likeness (QED) is 0.485. The molecule has 164 valence electrons. The third-order valence-corrected chi connectivity index (χ3v) is 4.25. The SMILES string of the molecule is CNc1cc(Nc2cccc3c2OCCO3)nc2c(NC(=O)NCC(F)(F)F)cnn12. The van der Waals surface area contributed by atoms with Gasteiger partial charge in [-0.1, -0.05) is 6.07 Å². The molecule has 0 unspecified atom stereocenters. The molecule has 1 aliphatic heterocycles. The van der Waals surface area contributed by atoms with E-state index in [-0.39, 0.29) is 11.3 Å². The van der Waals surface area contributed by atoms with Gasteiger partial charge in [-0.3, -0.25) is 0 Å². The summed E-state index contributed by atoms with van der Waals surface area (Å²) >= 11 is 0. The predicted octanol–water partition coefficient (Wildman–Crippen LogP) is 2.97. The highest BCUT2D eigenvalue weighted by molar-refractivity contribution is 5.93. The van der Waals surface area contributed by atoms with Crippen LogP contribution >= 0.6 is 0 Å². The summed E-state index contributed by atoms with van der Waals surface area (Å²) in [5, 5.41) is 14.3. The van der Waals surface area contributed by atoms with Crippen molar-refractivity contribution in [1.82, 2.24) is 19.9 Å². The summed E-state index contributed by atoms with van der Waals surface area (Å²) < 4.78 is 49.6. The van der Waals surface area contributed by atoms with E-state index in [1.807, 2.05) is 0 Å². The number of alkyl halides is 3. The first-order valence-corrected chi connectivity index (χ1v) is 9.18. The lowest BCUT2D eigenvalue weighted by Crippen LogP contribution is -2.36. The second-order valence-corrected chi connectivity index (χ2v) is 6.45. The third kappa shape index (κ3) is 4.49. The van der Waals surface area contributed by atoms with Gasteiger partial charge in [-0.15, -0.1) is 0 Å². The summed E-state index contributed by atoms with van der Waals surface area (Å²) in [5.74, 6) is 2.05. The Bertz CT molecular complexity index is 1120. The van der Waals surface area contributed by atoms with Crippen molar-refractivity contribution in [1.29, 1.82) is 0 Å². The molecule has 0 atom stereocenters. The lowest BCUT2D eigenvalue weighted by molar-refractivity contribution is -0.122. The number of nitrogens with one attached hydrogen (secondary N) is 4. The van der Waals surface area contributed by atoms with Gasteiger partial charge in [-0.05, 0) is 12.1 Å². The molecule has 13 heteroatoms. The molecule has 2 amide bonds. The molecular weight excluding hydrogens is 419 g/mol. The van der Waals surface area contributed by atoms with Crippen LogP contribution in [-0.4, -0.2) is 53.6 Å². The molecule has 0 saturated heterocycles. The normalized spacial score (nSPS) is 13.0. The van der Waals surface area contributed by atoms with Crippen LogP contribution in [0.4, 0.5) is 41.0 Å². The van der Waals surface area contributed by atoms with Crippen molar-refractivity contribution in [3.05, 3.63) is 30.5 Å². The minimum Gasteiger partial charge on any atom is -0.486 e. The first-order valence-electron chi connectivity index (χ1n) is 9.18. The summed E-state index contributed by atoms with van der Waals surface area (Å²) in [6.45, 7) is -0.600. The van der Waals surface area contributed by atoms with Crippen LogP contribution in [0.1, 0.15) is 0 Å². The van der Waals surface area contributed by atoms with E-state index in [9.17, 15) is 18.0 Å². The Hall–Kier alpha value is -3.90. The first-order chi connectivity index (χ1) is 14.8. The largest absolute Gasteiger partial charge is 0.486 e. The van der Waals surface area contributed by atoms with Gasteiger partial charge in [0.1, 0.15) is 37.1 Å². The van der Waals surface area contributed by atoms with Crippen molar-refractivity contribution in [2.75, 3.05) is 42.8 Å². The molecule has 3 heterocycles. The van der Waals surface area contributed by atoms with Crippen LogP contribution in [0.25, 0.3) is 5.65 Å². The highest BCUT2D eigenvalue weighted by Crippen LogP contribution is 2.38. The topological polar surface area (TPSA) is 114 Å². The molecule has 2 aromatic heterocycles. The Morgan fingerprint density at radius 1 is 1.23 bits per heavy atom. The summed E-state index contributed by atoms with van der Waals surface area (Å²) in [7, 11) is 1.67. The fourth-order valence-corrected chi connectivity index (χ4v) is 2.95. The fourth-order valence-electron chi connectivity index (χ4n) is 2.95. The first kappa shape index (κ1) is 20.4. The van der Waals surface area contributed by atoms with E-state index in [2.05, 4.69) is 26.0 Å². The number of urea groups is 1. The molecule has 31 heavy (non-hydrogen) atoms. The van der Waals surface area contributed by atoms with E-state index in [1.54, 1.807) is 36.6 Å². The molecule has 4 rings (SSSR count). The number of amides is 2. The van der Waals surface area contributed by atoms with Crippen LogP contribution < -0.4 is 30.7 Å². The molecule has 1 aliphatic rings. The average molecular weight is 437 g/mol. The van der Waals surface area contributed by atoms with Crippen LogP contribution in [0.15, 0.2) is 30.5 Å². The van der Waals surface area contributed by atoms with Crippen LogP contribution in [0.2, 0.25) is 0 Å². The second-order valence-electron chi connectivity index (χ2n) is 6.45. The molecule has 4 N–H and O–H groups in total. The Labute approximate surface area is 173 Å². The van der Waals surface area contributed by atoms with Crippen LogP contribution in [-0.2, 0) is 0 Å². The highest BCUT2D eigenvalue weighted by atomic mass is 19.4. The van der Waals surface area contributed by atoms with E-state index in [0.717, 1.165) is 0 Å². The van der Waals surface area contributed by atoms with Crippen molar-refractivity contribution >= 4 is 34.7 Å². The average Bonchev–Trinajstić information content (AvgIpc) is 3.14. The van der Waals surface area contributed by atoms with Crippen molar-refractivity contribution in [3.8, 4) is 11.5 Å². The number of aromatic nitrogens is 3. The number of benzene rings is 1. The lowest BCUT2D eigenvalue weighted by Gasteiger charge is -2.21. The highest BCUT2D eigenvalue weighted by Gasteiger charge is 2.28. The van der Waals surface area contributed by atoms with Crippen LogP contribution in [0.5, 0.6) is 11.5 Å². The lowest BCUT2D eigenvalue weighted by atomic mass is 10.2. The number of hydrogen-bond donors (Lipinski definition) is 4. The number of fused-ring (bicyclic) bond motifs is 2. The zero-order chi connectivity index (χ0) is 22.0. The number of halogens is 3. The Kier molecular flexibility index (Phi) is 5.31. The van der Waals surface area contributed by atoms with E-state index in [0.29, 0.717) is 42.0 Å². The van der Waals surface area contributed by atoms with Gasteiger partial charge in [-0.25, -0.2) is 9.78 Å². The number of nitrogens with zero attached hydrogens (tertiary/aromatic N) is 3. The van der Waals surface area contributed by atoms with Gasteiger partial charge < -0.3 is 30.7 Å². The Morgan fingerprint density at radius 2 is 2.03 bits per heavy atom. The van der Waals surface area contributed by atoms with E-state index >= 15 is 0 Å². The van der Waals surface area contributed by atoms with Crippen molar-refractivity contribution < 1.29 is 27.4 Å². The summed E-state index contributed by atoms with van der Waals surface area (Å²) in [4.78, 5) is 16.3. The number of ether oxygens (including phenoxy) is 2. The number of hydrogen-bond acceptors (Lipinski definition) is 7. The van der Waals surface area contributed by atoms with E-state index in [4.69, 9.17) is 9.47 Å². The zero-order valence-electron chi connectivity index (χ0n) is 16.2. The molecule has 0 radical (unpaired) electrons. The molecule has 0 saturated carbocycles. The zero-order valence-corrected chi connectivity index (χ0v) is 16.2. The molecule has 1 aromatic carbocycles. The number of rotatable bonds is 5. The summed E-state index contributed by atoms with van der Waals surface area (Å²) in [5.41, 5.74) is 0.973. The molecule has 0 spiro atoms. The molecular formula is C18H18F3N7O3. The maximum Gasteiger partial charge on any atom is 0.405 e. The molecule has 3 aromatic rings. The predicted molar refractivity (Wildman–Crippen MR) is 106 cm³/mol. The van der Waals surface area contributed by atoms with E-state index < -0.39 is 18.8 Å². The minimum atomic E-state index is -4.52. The minimum absolute atomic E-state index is 0.134. The maximum absolute atomic E-state index is 12.3. The van der Waals surface area contributed by atoms with Gasteiger partial charge >= 0.3 is 12.2 Å². The maximum atomic E-state index is 12.3. The summed E-state index contributed by atoms with van der Waals surface area (Å²) in [6, 6.07) is 6.02. The Balaban J connectivity index is 1.62. The molecule has 0 bridgehead atoms. The van der Waals surface area contributed by atoms with Gasteiger partial charge in [0.25, 0.3) is 0 Å². The summed E-state index contributed by atoms with van der Waals surface area (Å²) in [6.07, 6.45) is -3.23. The van der Waals surface area contributed by atoms with E-state index in [1.165, 1.54) is 10.7 Å². The van der Waals surface area contributed by atoms with Crippen LogP contribution in [0.3, 0.4) is 0 Å². The number of carbonyl (C=O) groups excluding carboxylic acids is 1. The standard InChI is InChI=1S/C18H18F3N7O3/c1-22-14-7-13(25-10-3-2-4-12-15(10)31-6-5-30-12)27-16-11(8-24-28(14)16)26-17(29)23-9-18(19,20)21/h2-4,7-8,22H,5-6,9H2,1H3,(H,25,27)(H2,23,26,29). The van der Waals surface area contributed by atoms with Gasteiger partial charge in [0, 0.05) is 13.1 Å². The van der Waals surface area contributed by atoms with Gasteiger partial charge in [-0.2, -0.15) is 22.8 Å². The van der Waals surface area contributed by atoms with Crippen LogP contribution in [0, 0.1) is 0 Å². The fraction of sp³-hybridized carbons (Fsp3) is 0.278. The van der Waals surface area contributed by atoms with Gasteiger partial charge in [0.2, 0.25) is 0 Å². The number of anilines is 4. The van der Waals surface area contributed by atoms with Crippen molar-refractivity contribution in [3.63, 3.8) is 0 Å². The van der Waals surface area contributed by atoms with Crippen molar-refractivity contribution in [2.24, 2.45) is 0 Å². The number of carbonyl (C=O) groups is 1. The molecule has 10 nitrogen and oxygen atoms in total. The third-order valence-electron chi connectivity index (χ3n) is 4.25. The molecule has 0 fully saturated rings. The second kappa shape index (κ2) is 8.08. The Morgan fingerprint density at radius 3 is 2.81 bits per heavy atom. The van der Waals surface area contributed by atoms with Gasteiger partial charge in [0.05, 0.1) is 11.9 Å². The monoisotopic (exact) mass is 437 g/mol. The molecule has 0 aliphatic carbocycles.